The van der Waals surface area contributed by atoms with Crippen LogP contribution in [0.3, 0.4) is 0 Å². The number of nitrogens with zero attached hydrogens (tertiary/aromatic N) is 1. The maximum atomic E-state index is 3.57. The first kappa shape index (κ1) is 15.9. The lowest BCUT2D eigenvalue weighted by Gasteiger charge is -2.19. The predicted molar refractivity (Wildman–Crippen MR) is 96.4 cm³/mol. The Hall–Kier alpha value is -1.48. The standard InChI is InChI=1S/C18H23BrN2/c1-12-8-14(3)15(9-13(12)2)11-20-17-10-16(19)6-7-18(17)21(4)5/h6-10,20H,11H2,1-5H3. The van der Waals surface area contributed by atoms with E-state index in [2.05, 4.69) is 91.3 Å². The zero-order valence-corrected chi connectivity index (χ0v) is 15.0. The van der Waals surface area contributed by atoms with E-state index in [0.29, 0.717) is 0 Å². The minimum atomic E-state index is 0.838. The Bertz CT molecular complexity index is 648. The lowest BCUT2D eigenvalue weighted by Crippen LogP contribution is -2.12. The third-order valence-corrected chi connectivity index (χ3v) is 4.36. The fourth-order valence-electron chi connectivity index (χ4n) is 2.44. The molecule has 0 aliphatic heterocycles. The third-order valence-electron chi connectivity index (χ3n) is 3.86. The fourth-order valence-corrected chi connectivity index (χ4v) is 2.80. The van der Waals surface area contributed by atoms with Gasteiger partial charge >= 0.3 is 0 Å². The van der Waals surface area contributed by atoms with Crippen LogP contribution in [0.1, 0.15) is 22.3 Å². The molecule has 0 bridgehead atoms. The molecule has 2 rings (SSSR count). The first-order valence-corrected chi connectivity index (χ1v) is 7.95. The van der Waals surface area contributed by atoms with Crippen LogP contribution >= 0.6 is 15.9 Å². The Morgan fingerprint density at radius 3 is 2.29 bits per heavy atom. The number of rotatable bonds is 4. The van der Waals surface area contributed by atoms with Gasteiger partial charge in [0.2, 0.25) is 0 Å². The molecule has 0 unspecified atom stereocenters. The van der Waals surface area contributed by atoms with Gasteiger partial charge in [-0.15, -0.1) is 0 Å². The summed E-state index contributed by atoms with van der Waals surface area (Å²) in [6.45, 7) is 7.35. The summed E-state index contributed by atoms with van der Waals surface area (Å²) in [5.41, 5.74) is 7.73. The molecular weight excluding hydrogens is 324 g/mol. The number of hydrogen-bond donors (Lipinski definition) is 1. The quantitative estimate of drug-likeness (QED) is 0.832. The first-order chi connectivity index (χ1) is 9.88. The van der Waals surface area contributed by atoms with Crippen molar-refractivity contribution >= 4 is 27.3 Å². The summed E-state index contributed by atoms with van der Waals surface area (Å²) < 4.78 is 1.09. The number of benzene rings is 2. The molecule has 0 aromatic heterocycles. The molecule has 0 aliphatic rings. The van der Waals surface area contributed by atoms with E-state index >= 15 is 0 Å². The Kier molecular flexibility index (Phi) is 4.94. The van der Waals surface area contributed by atoms with Crippen LogP contribution in [0.4, 0.5) is 11.4 Å². The van der Waals surface area contributed by atoms with Crippen molar-refractivity contribution in [1.82, 2.24) is 0 Å². The summed E-state index contributed by atoms with van der Waals surface area (Å²) in [5, 5.41) is 3.57. The molecule has 0 saturated carbocycles. The molecular formula is C18H23BrN2. The monoisotopic (exact) mass is 346 g/mol. The van der Waals surface area contributed by atoms with E-state index in [1.807, 2.05) is 0 Å². The predicted octanol–water partition coefficient (Wildman–Crippen LogP) is 5.05. The highest BCUT2D eigenvalue weighted by molar-refractivity contribution is 9.10. The van der Waals surface area contributed by atoms with Crippen molar-refractivity contribution in [3.8, 4) is 0 Å². The average Bonchev–Trinajstić information content (AvgIpc) is 2.41. The van der Waals surface area contributed by atoms with Crippen LogP contribution in [-0.4, -0.2) is 14.1 Å². The van der Waals surface area contributed by atoms with E-state index < -0.39 is 0 Å². The van der Waals surface area contributed by atoms with Gasteiger partial charge in [0.05, 0.1) is 11.4 Å². The van der Waals surface area contributed by atoms with Gasteiger partial charge in [-0.05, 0) is 61.2 Å². The highest BCUT2D eigenvalue weighted by Gasteiger charge is 2.07. The minimum Gasteiger partial charge on any atom is -0.379 e. The number of hydrogen-bond acceptors (Lipinski definition) is 2. The normalized spacial score (nSPS) is 10.6. The van der Waals surface area contributed by atoms with Gasteiger partial charge in [-0.3, -0.25) is 0 Å². The molecule has 0 amide bonds. The van der Waals surface area contributed by atoms with Crippen molar-refractivity contribution < 1.29 is 0 Å². The molecule has 0 heterocycles. The van der Waals surface area contributed by atoms with Crippen molar-refractivity contribution in [2.75, 3.05) is 24.3 Å². The lowest BCUT2D eigenvalue weighted by atomic mass is 10.0. The number of halogens is 1. The maximum absolute atomic E-state index is 3.57. The van der Waals surface area contributed by atoms with E-state index in [0.717, 1.165) is 16.7 Å². The summed E-state index contributed by atoms with van der Waals surface area (Å²) in [4.78, 5) is 2.13. The van der Waals surface area contributed by atoms with Gasteiger partial charge in [-0.2, -0.15) is 0 Å². The number of aryl methyl sites for hydroxylation is 3. The Balaban J connectivity index is 2.24. The lowest BCUT2D eigenvalue weighted by molar-refractivity contribution is 1.08. The Morgan fingerprint density at radius 1 is 0.952 bits per heavy atom. The van der Waals surface area contributed by atoms with Gasteiger partial charge in [-0.25, -0.2) is 0 Å². The van der Waals surface area contributed by atoms with E-state index in [9.17, 15) is 0 Å². The third kappa shape index (κ3) is 3.79. The van der Waals surface area contributed by atoms with Crippen LogP contribution in [0.2, 0.25) is 0 Å². The van der Waals surface area contributed by atoms with Crippen LogP contribution in [0.15, 0.2) is 34.8 Å². The van der Waals surface area contributed by atoms with Gasteiger partial charge in [0, 0.05) is 25.1 Å². The smallest absolute Gasteiger partial charge is 0.0597 e. The van der Waals surface area contributed by atoms with E-state index in [-0.39, 0.29) is 0 Å². The molecule has 0 fully saturated rings. The Morgan fingerprint density at radius 2 is 1.62 bits per heavy atom. The van der Waals surface area contributed by atoms with Gasteiger partial charge in [-0.1, -0.05) is 28.1 Å². The van der Waals surface area contributed by atoms with Gasteiger partial charge in [0.1, 0.15) is 0 Å². The second-order valence-corrected chi connectivity index (χ2v) is 6.69. The number of anilines is 2. The highest BCUT2D eigenvalue weighted by Crippen LogP contribution is 2.29. The summed E-state index contributed by atoms with van der Waals surface area (Å²) >= 11 is 3.55. The van der Waals surface area contributed by atoms with Crippen LogP contribution in [0, 0.1) is 20.8 Å². The van der Waals surface area contributed by atoms with E-state index in [4.69, 9.17) is 0 Å². The zero-order chi connectivity index (χ0) is 15.6. The molecule has 0 radical (unpaired) electrons. The maximum Gasteiger partial charge on any atom is 0.0597 e. The summed E-state index contributed by atoms with van der Waals surface area (Å²) in [6, 6.07) is 10.9. The average molecular weight is 347 g/mol. The molecule has 112 valence electrons. The topological polar surface area (TPSA) is 15.3 Å². The molecule has 3 heteroatoms. The molecule has 0 saturated heterocycles. The summed E-state index contributed by atoms with van der Waals surface area (Å²) in [6.07, 6.45) is 0. The minimum absolute atomic E-state index is 0.838. The van der Waals surface area contributed by atoms with Gasteiger partial charge < -0.3 is 10.2 Å². The Labute approximate surface area is 136 Å². The van der Waals surface area contributed by atoms with Crippen LogP contribution in [0.5, 0.6) is 0 Å². The molecule has 2 aromatic rings. The van der Waals surface area contributed by atoms with Crippen molar-refractivity contribution in [2.45, 2.75) is 27.3 Å². The van der Waals surface area contributed by atoms with Crippen molar-refractivity contribution in [3.05, 3.63) is 57.1 Å². The highest BCUT2D eigenvalue weighted by atomic mass is 79.9. The van der Waals surface area contributed by atoms with Crippen LogP contribution < -0.4 is 10.2 Å². The first-order valence-electron chi connectivity index (χ1n) is 7.16. The molecule has 0 spiro atoms. The zero-order valence-electron chi connectivity index (χ0n) is 13.4. The SMILES string of the molecule is Cc1cc(C)c(CNc2cc(Br)ccc2N(C)C)cc1C. The largest absolute Gasteiger partial charge is 0.379 e. The summed E-state index contributed by atoms with van der Waals surface area (Å²) in [5.74, 6) is 0. The van der Waals surface area contributed by atoms with Crippen molar-refractivity contribution in [1.29, 1.82) is 0 Å². The van der Waals surface area contributed by atoms with Gasteiger partial charge in [0.25, 0.3) is 0 Å². The van der Waals surface area contributed by atoms with Crippen molar-refractivity contribution in [2.24, 2.45) is 0 Å². The van der Waals surface area contributed by atoms with Crippen molar-refractivity contribution in [3.63, 3.8) is 0 Å². The molecule has 2 nitrogen and oxygen atoms in total. The van der Waals surface area contributed by atoms with Crippen LogP contribution in [-0.2, 0) is 6.54 Å². The molecule has 1 N–H and O–H groups in total. The molecule has 0 aliphatic carbocycles. The second kappa shape index (κ2) is 6.52. The summed E-state index contributed by atoms with van der Waals surface area (Å²) in [7, 11) is 4.13. The fraction of sp³-hybridized carbons (Fsp3) is 0.333. The van der Waals surface area contributed by atoms with E-state index in [1.54, 1.807) is 0 Å². The second-order valence-electron chi connectivity index (χ2n) is 5.77. The molecule has 2 aromatic carbocycles. The van der Waals surface area contributed by atoms with E-state index in [1.165, 1.54) is 27.9 Å². The van der Waals surface area contributed by atoms with Gasteiger partial charge in [0.15, 0.2) is 0 Å². The molecule has 21 heavy (non-hydrogen) atoms. The molecule has 0 atom stereocenters. The number of nitrogens with one attached hydrogen (secondary N) is 1. The van der Waals surface area contributed by atoms with Crippen LogP contribution in [0.25, 0.3) is 0 Å².